The first-order valence-electron chi connectivity index (χ1n) is 6.58. The molecule has 0 aliphatic heterocycles. The Morgan fingerprint density at radius 1 is 1.16 bits per heavy atom. The normalized spacial score (nSPS) is 12.7. The molecule has 0 radical (unpaired) electrons. The van der Waals surface area contributed by atoms with E-state index in [1.807, 2.05) is 19.9 Å². The Labute approximate surface area is 117 Å². The van der Waals surface area contributed by atoms with Crippen LogP contribution in [-0.2, 0) is 16.5 Å². The van der Waals surface area contributed by atoms with Crippen molar-refractivity contribution in [2.75, 3.05) is 0 Å². The molecule has 0 bridgehead atoms. The fraction of sp³-hybridized carbons (Fsp3) is 0.571. The summed E-state index contributed by atoms with van der Waals surface area (Å²) in [6.45, 7) is 10.7. The maximum absolute atomic E-state index is 11.5. The van der Waals surface area contributed by atoms with Crippen LogP contribution in [0.25, 0.3) is 0 Å². The summed E-state index contributed by atoms with van der Waals surface area (Å²) in [6.07, 6.45) is 1.69. The first-order valence-corrected chi connectivity index (χ1v) is 11.7. The summed E-state index contributed by atoms with van der Waals surface area (Å²) in [5, 5.41) is 0. The molecule has 0 saturated carbocycles. The second-order valence-electron chi connectivity index (χ2n) is 6.45. The average molecular weight is 300 g/mol. The Balaban J connectivity index is 3.06. The highest BCUT2D eigenvalue weighted by Crippen LogP contribution is 2.24. The number of aryl methyl sites for hydroxylation is 2. The summed E-state index contributed by atoms with van der Waals surface area (Å²) in [6, 6.07) is 4.69. The smallest absolute Gasteiger partial charge is 0.282 e. The summed E-state index contributed by atoms with van der Waals surface area (Å²) in [7, 11) is -5.25. The van der Waals surface area contributed by atoms with Gasteiger partial charge in [-0.3, -0.25) is 4.55 Å². The fourth-order valence-corrected chi connectivity index (χ4v) is 4.45. The molecule has 3 nitrogen and oxygen atoms in total. The minimum Gasteiger partial charge on any atom is -0.282 e. The molecule has 0 amide bonds. The number of hydrogen-bond acceptors (Lipinski definition) is 2. The molecular formula is C14H24O3SSi. The molecule has 0 unspecified atom stereocenters. The van der Waals surface area contributed by atoms with E-state index in [-0.39, 0.29) is 4.90 Å². The van der Waals surface area contributed by atoms with Crippen molar-refractivity contribution in [3.8, 4) is 0 Å². The predicted octanol–water partition coefficient (Wildman–Crippen LogP) is 3.82. The molecule has 0 aromatic heterocycles. The molecule has 0 aliphatic carbocycles. The van der Waals surface area contributed by atoms with Gasteiger partial charge in [-0.15, -0.1) is 0 Å². The van der Waals surface area contributed by atoms with Gasteiger partial charge in [0.2, 0.25) is 0 Å². The molecule has 1 aromatic rings. The summed E-state index contributed by atoms with van der Waals surface area (Å²) in [5.74, 6) is 0. The Hall–Kier alpha value is -0.653. The molecule has 0 fully saturated rings. The Bertz CT molecular complexity index is 557. The third-order valence-corrected chi connectivity index (χ3v) is 5.98. The standard InChI is InChI=1S/C14H24O3SSi/c1-11-9-12(2)13(7-6-8-19(3,4)5)14(10-11)18(15,16)17/h9-10H,6-8H2,1-5H3,(H,15,16,17). The summed E-state index contributed by atoms with van der Waals surface area (Å²) >= 11 is 0. The van der Waals surface area contributed by atoms with Crippen molar-refractivity contribution >= 4 is 18.2 Å². The molecule has 5 heteroatoms. The summed E-state index contributed by atoms with van der Waals surface area (Å²) < 4.78 is 32.3. The van der Waals surface area contributed by atoms with Crippen LogP contribution in [0.15, 0.2) is 17.0 Å². The van der Waals surface area contributed by atoms with Crippen molar-refractivity contribution in [1.82, 2.24) is 0 Å². The van der Waals surface area contributed by atoms with Gasteiger partial charge in [0.15, 0.2) is 0 Å². The number of hydrogen-bond donors (Lipinski definition) is 1. The van der Waals surface area contributed by atoms with E-state index >= 15 is 0 Å². The van der Waals surface area contributed by atoms with Gasteiger partial charge in [-0.05, 0) is 43.0 Å². The van der Waals surface area contributed by atoms with E-state index in [1.54, 1.807) is 6.07 Å². The fourth-order valence-electron chi connectivity index (χ4n) is 2.30. The predicted molar refractivity (Wildman–Crippen MR) is 82.2 cm³/mol. The quantitative estimate of drug-likeness (QED) is 0.664. The molecule has 0 atom stereocenters. The SMILES string of the molecule is Cc1cc(C)c(CCC[Si](C)(C)C)c(S(=O)(=O)O)c1. The maximum Gasteiger partial charge on any atom is 0.294 e. The topological polar surface area (TPSA) is 54.4 Å². The van der Waals surface area contributed by atoms with Gasteiger partial charge in [0, 0.05) is 8.07 Å². The second-order valence-corrected chi connectivity index (χ2v) is 13.5. The van der Waals surface area contributed by atoms with E-state index in [2.05, 4.69) is 19.6 Å². The van der Waals surface area contributed by atoms with Gasteiger partial charge in [0.1, 0.15) is 0 Å². The lowest BCUT2D eigenvalue weighted by atomic mass is 10.0. The lowest BCUT2D eigenvalue weighted by Crippen LogP contribution is -2.19. The zero-order chi connectivity index (χ0) is 14.8. The van der Waals surface area contributed by atoms with E-state index in [9.17, 15) is 13.0 Å². The Morgan fingerprint density at radius 3 is 2.21 bits per heavy atom. The first kappa shape index (κ1) is 16.4. The molecule has 1 N–H and O–H groups in total. The van der Waals surface area contributed by atoms with Crippen LogP contribution in [0.4, 0.5) is 0 Å². The van der Waals surface area contributed by atoms with E-state index in [4.69, 9.17) is 0 Å². The third kappa shape index (κ3) is 5.08. The Kier molecular flexibility index (Phi) is 4.98. The monoisotopic (exact) mass is 300 g/mol. The van der Waals surface area contributed by atoms with Crippen molar-refractivity contribution in [2.24, 2.45) is 0 Å². The van der Waals surface area contributed by atoms with E-state index in [1.165, 1.54) is 0 Å². The van der Waals surface area contributed by atoms with Crippen molar-refractivity contribution in [3.63, 3.8) is 0 Å². The van der Waals surface area contributed by atoms with Gasteiger partial charge in [-0.1, -0.05) is 38.2 Å². The molecule has 1 aromatic carbocycles. The zero-order valence-electron chi connectivity index (χ0n) is 12.4. The average Bonchev–Trinajstić information content (AvgIpc) is 2.17. The highest BCUT2D eigenvalue weighted by atomic mass is 32.2. The molecule has 0 saturated heterocycles. The van der Waals surface area contributed by atoms with E-state index < -0.39 is 18.2 Å². The van der Waals surface area contributed by atoms with Gasteiger partial charge in [-0.2, -0.15) is 8.42 Å². The van der Waals surface area contributed by atoms with Gasteiger partial charge in [-0.25, -0.2) is 0 Å². The lowest BCUT2D eigenvalue weighted by molar-refractivity contribution is 0.481. The van der Waals surface area contributed by atoms with Crippen LogP contribution < -0.4 is 0 Å². The minimum absolute atomic E-state index is 0.0839. The third-order valence-electron chi connectivity index (χ3n) is 3.21. The largest absolute Gasteiger partial charge is 0.294 e. The molecule has 108 valence electrons. The highest BCUT2D eigenvalue weighted by Gasteiger charge is 2.19. The van der Waals surface area contributed by atoms with Crippen LogP contribution in [0.5, 0.6) is 0 Å². The second kappa shape index (κ2) is 5.77. The van der Waals surface area contributed by atoms with Crippen molar-refractivity contribution in [2.45, 2.75) is 57.3 Å². The molecule has 1 rings (SSSR count). The van der Waals surface area contributed by atoms with Gasteiger partial charge < -0.3 is 0 Å². The van der Waals surface area contributed by atoms with Gasteiger partial charge in [0.05, 0.1) is 4.90 Å². The van der Waals surface area contributed by atoms with Crippen molar-refractivity contribution < 1.29 is 13.0 Å². The van der Waals surface area contributed by atoms with E-state index in [0.29, 0.717) is 6.42 Å². The molecule has 0 aliphatic rings. The molecule has 0 heterocycles. The van der Waals surface area contributed by atoms with Crippen LogP contribution in [0.3, 0.4) is 0 Å². The van der Waals surface area contributed by atoms with Crippen LogP contribution in [0.2, 0.25) is 25.7 Å². The van der Waals surface area contributed by atoms with Crippen LogP contribution in [0, 0.1) is 13.8 Å². The molecule has 0 spiro atoms. The van der Waals surface area contributed by atoms with Crippen molar-refractivity contribution in [1.29, 1.82) is 0 Å². The molecule has 19 heavy (non-hydrogen) atoms. The van der Waals surface area contributed by atoms with Gasteiger partial charge >= 0.3 is 0 Å². The van der Waals surface area contributed by atoms with Crippen LogP contribution >= 0.6 is 0 Å². The lowest BCUT2D eigenvalue weighted by Gasteiger charge is -2.17. The minimum atomic E-state index is -4.13. The number of benzene rings is 1. The van der Waals surface area contributed by atoms with Gasteiger partial charge in [0.25, 0.3) is 10.1 Å². The zero-order valence-corrected chi connectivity index (χ0v) is 14.3. The maximum atomic E-state index is 11.5. The van der Waals surface area contributed by atoms with Crippen molar-refractivity contribution in [3.05, 3.63) is 28.8 Å². The summed E-state index contributed by atoms with van der Waals surface area (Å²) in [4.78, 5) is 0.0839. The van der Waals surface area contributed by atoms with E-state index in [0.717, 1.165) is 29.2 Å². The van der Waals surface area contributed by atoms with Crippen LogP contribution in [0.1, 0.15) is 23.1 Å². The van der Waals surface area contributed by atoms with Crippen LogP contribution in [-0.4, -0.2) is 21.0 Å². The Morgan fingerprint density at radius 2 is 1.74 bits per heavy atom. The summed E-state index contributed by atoms with van der Waals surface area (Å²) in [5.41, 5.74) is 2.58. The number of rotatable bonds is 5. The first-order chi connectivity index (χ1) is 8.50. The highest BCUT2D eigenvalue weighted by molar-refractivity contribution is 7.85. The molecular weight excluding hydrogens is 276 g/mol.